The number of piperidine rings is 1. The van der Waals surface area contributed by atoms with Gasteiger partial charge in [0.15, 0.2) is 5.78 Å². The van der Waals surface area contributed by atoms with E-state index in [9.17, 15) is 4.79 Å². The smallest absolute Gasteiger partial charge is 0.164 e. The number of rotatable bonds is 3. The first-order chi connectivity index (χ1) is 7.09. The zero-order valence-corrected chi connectivity index (χ0v) is 10.1. The maximum absolute atomic E-state index is 12.0. The molecule has 0 aliphatic carbocycles. The van der Waals surface area contributed by atoms with Gasteiger partial charge in [0.1, 0.15) is 0 Å². The Balaban J connectivity index is 2.61. The van der Waals surface area contributed by atoms with Gasteiger partial charge in [0, 0.05) is 0 Å². The van der Waals surface area contributed by atoms with E-state index in [0.29, 0.717) is 6.42 Å². The topological polar surface area (TPSA) is 20.3 Å². The van der Waals surface area contributed by atoms with Crippen molar-refractivity contribution in [2.75, 3.05) is 13.1 Å². The highest BCUT2D eigenvalue weighted by Crippen LogP contribution is 2.22. The van der Waals surface area contributed by atoms with Gasteiger partial charge in [-0.25, -0.2) is 0 Å². The minimum atomic E-state index is -0.329. The Hall–Kier alpha value is -0.810. The Kier molecular flexibility index (Phi) is 4.35. The molecule has 2 nitrogen and oxygen atoms in total. The van der Waals surface area contributed by atoms with Crippen LogP contribution in [-0.2, 0) is 4.79 Å². The van der Waals surface area contributed by atoms with E-state index in [-0.39, 0.29) is 11.3 Å². The molecular formula is C13H21NO. The SMILES string of the molecule is CC#CCC(=O)C(C)(C)N1CCCCC1. The van der Waals surface area contributed by atoms with Crippen molar-refractivity contribution in [3.8, 4) is 11.8 Å². The molecule has 1 saturated heterocycles. The molecule has 0 spiro atoms. The van der Waals surface area contributed by atoms with Crippen molar-refractivity contribution in [1.29, 1.82) is 0 Å². The lowest BCUT2D eigenvalue weighted by Crippen LogP contribution is -2.51. The lowest BCUT2D eigenvalue weighted by molar-refractivity contribution is -0.129. The zero-order chi connectivity index (χ0) is 11.3. The normalized spacial score (nSPS) is 18.1. The third-order valence-corrected chi connectivity index (χ3v) is 3.25. The van der Waals surface area contributed by atoms with Gasteiger partial charge in [0.2, 0.25) is 0 Å². The number of nitrogens with zero attached hydrogens (tertiary/aromatic N) is 1. The first kappa shape index (κ1) is 12.3. The molecule has 1 rings (SSSR count). The fourth-order valence-electron chi connectivity index (χ4n) is 2.01. The van der Waals surface area contributed by atoms with Crippen LogP contribution in [0, 0.1) is 11.8 Å². The first-order valence-electron chi connectivity index (χ1n) is 5.77. The fraction of sp³-hybridized carbons (Fsp3) is 0.769. The largest absolute Gasteiger partial charge is 0.297 e. The van der Waals surface area contributed by atoms with E-state index in [1.165, 1.54) is 19.3 Å². The van der Waals surface area contributed by atoms with Crippen molar-refractivity contribution >= 4 is 5.78 Å². The molecule has 0 bridgehead atoms. The zero-order valence-electron chi connectivity index (χ0n) is 10.1. The molecule has 0 aromatic rings. The van der Waals surface area contributed by atoms with Crippen LogP contribution in [0.15, 0.2) is 0 Å². The summed E-state index contributed by atoms with van der Waals surface area (Å²) < 4.78 is 0. The van der Waals surface area contributed by atoms with Crippen LogP contribution < -0.4 is 0 Å². The molecule has 84 valence electrons. The molecule has 1 heterocycles. The van der Waals surface area contributed by atoms with Crippen LogP contribution in [0.3, 0.4) is 0 Å². The Labute approximate surface area is 93.0 Å². The van der Waals surface area contributed by atoms with E-state index in [4.69, 9.17) is 0 Å². The van der Waals surface area contributed by atoms with Gasteiger partial charge in [-0.15, -0.1) is 5.92 Å². The summed E-state index contributed by atoms with van der Waals surface area (Å²) in [7, 11) is 0. The minimum Gasteiger partial charge on any atom is -0.297 e. The summed E-state index contributed by atoms with van der Waals surface area (Å²) >= 11 is 0. The number of ketones is 1. The van der Waals surface area contributed by atoms with Crippen LogP contribution in [0.25, 0.3) is 0 Å². The van der Waals surface area contributed by atoms with Crippen molar-refractivity contribution in [3.05, 3.63) is 0 Å². The second-order valence-corrected chi connectivity index (χ2v) is 4.63. The summed E-state index contributed by atoms with van der Waals surface area (Å²) in [4.78, 5) is 14.3. The molecule has 0 radical (unpaired) electrons. The van der Waals surface area contributed by atoms with Gasteiger partial charge in [0.25, 0.3) is 0 Å². The molecule has 2 heteroatoms. The van der Waals surface area contributed by atoms with Crippen molar-refractivity contribution in [2.45, 2.75) is 52.0 Å². The van der Waals surface area contributed by atoms with E-state index in [0.717, 1.165) is 13.1 Å². The van der Waals surface area contributed by atoms with Crippen molar-refractivity contribution in [1.82, 2.24) is 4.90 Å². The summed E-state index contributed by atoms with van der Waals surface area (Å²) in [6, 6.07) is 0. The Morgan fingerprint density at radius 1 is 1.27 bits per heavy atom. The molecule has 0 aromatic heterocycles. The number of hydrogen-bond donors (Lipinski definition) is 0. The van der Waals surface area contributed by atoms with Gasteiger partial charge in [-0.2, -0.15) is 0 Å². The van der Waals surface area contributed by atoms with Gasteiger partial charge < -0.3 is 0 Å². The standard InChI is InChI=1S/C13H21NO/c1-4-5-9-12(15)13(2,3)14-10-7-6-8-11-14/h6-11H2,1-3H3. The maximum atomic E-state index is 12.0. The molecule has 0 amide bonds. The minimum absolute atomic E-state index is 0.249. The van der Waals surface area contributed by atoms with Gasteiger partial charge in [-0.3, -0.25) is 9.69 Å². The summed E-state index contributed by atoms with van der Waals surface area (Å²) in [6.45, 7) is 7.94. The summed E-state index contributed by atoms with van der Waals surface area (Å²) in [5.74, 6) is 5.90. The predicted octanol–water partition coefficient (Wildman–Crippen LogP) is 2.23. The third-order valence-electron chi connectivity index (χ3n) is 3.25. The Morgan fingerprint density at radius 2 is 1.87 bits per heavy atom. The van der Waals surface area contributed by atoms with Crippen LogP contribution in [0.4, 0.5) is 0 Å². The quantitative estimate of drug-likeness (QED) is 0.661. The summed E-state index contributed by atoms with van der Waals surface area (Å²) in [5, 5.41) is 0. The highest BCUT2D eigenvalue weighted by Gasteiger charge is 2.33. The molecule has 0 unspecified atom stereocenters. The summed E-state index contributed by atoms with van der Waals surface area (Å²) in [6.07, 6.45) is 4.13. The van der Waals surface area contributed by atoms with Gasteiger partial charge >= 0.3 is 0 Å². The van der Waals surface area contributed by atoms with Crippen LogP contribution in [0.1, 0.15) is 46.5 Å². The number of likely N-dealkylation sites (tertiary alicyclic amines) is 1. The van der Waals surface area contributed by atoms with E-state index in [2.05, 4.69) is 16.7 Å². The van der Waals surface area contributed by atoms with Crippen molar-refractivity contribution in [3.63, 3.8) is 0 Å². The van der Waals surface area contributed by atoms with E-state index in [1.54, 1.807) is 6.92 Å². The molecule has 15 heavy (non-hydrogen) atoms. The van der Waals surface area contributed by atoms with Gasteiger partial charge in [0.05, 0.1) is 12.0 Å². The van der Waals surface area contributed by atoms with Crippen molar-refractivity contribution < 1.29 is 4.79 Å². The van der Waals surface area contributed by atoms with Gasteiger partial charge in [-0.05, 0) is 46.7 Å². The number of carbonyl (C=O) groups excluding carboxylic acids is 1. The fourth-order valence-corrected chi connectivity index (χ4v) is 2.01. The Bertz CT molecular complexity index is 277. The lowest BCUT2D eigenvalue weighted by atomic mass is 9.92. The van der Waals surface area contributed by atoms with Crippen LogP contribution in [-0.4, -0.2) is 29.3 Å². The van der Waals surface area contributed by atoms with E-state index < -0.39 is 0 Å². The number of Topliss-reactive ketones (excluding diaryl/α,β-unsaturated/α-hetero) is 1. The molecule has 0 atom stereocenters. The molecule has 0 aromatic carbocycles. The van der Waals surface area contributed by atoms with Crippen molar-refractivity contribution in [2.24, 2.45) is 0 Å². The monoisotopic (exact) mass is 207 g/mol. The maximum Gasteiger partial charge on any atom is 0.164 e. The van der Waals surface area contributed by atoms with Crippen LogP contribution in [0.5, 0.6) is 0 Å². The Morgan fingerprint density at radius 3 is 2.40 bits per heavy atom. The molecule has 0 N–H and O–H groups in total. The average molecular weight is 207 g/mol. The lowest BCUT2D eigenvalue weighted by Gasteiger charge is -2.39. The summed E-state index contributed by atoms with van der Waals surface area (Å²) in [5.41, 5.74) is -0.329. The number of carbonyl (C=O) groups is 1. The van der Waals surface area contributed by atoms with E-state index >= 15 is 0 Å². The van der Waals surface area contributed by atoms with Crippen LogP contribution >= 0.6 is 0 Å². The highest BCUT2D eigenvalue weighted by molar-refractivity contribution is 5.89. The third kappa shape index (κ3) is 3.07. The molecule has 0 saturated carbocycles. The number of hydrogen-bond acceptors (Lipinski definition) is 2. The first-order valence-corrected chi connectivity index (χ1v) is 5.77. The van der Waals surface area contributed by atoms with Gasteiger partial charge in [-0.1, -0.05) is 12.3 Å². The molecule has 1 fully saturated rings. The predicted molar refractivity (Wildman–Crippen MR) is 62.6 cm³/mol. The van der Waals surface area contributed by atoms with E-state index in [1.807, 2.05) is 13.8 Å². The van der Waals surface area contributed by atoms with Crippen LogP contribution in [0.2, 0.25) is 0 Å². The highest BCUT2D eigenvalue weighted by atomic mass is 16.1. The molecular weight excluding hydrogens is 186 g/mol. The second kappa shape index (κ2) is 5.32. The molecule has 1 aliphatic heterocycles. The molecule has 1 aliphatic rings. The average Bonchev–Trinajstić information content (AvgIpc) is 2.27. The second-order valence-electron chi connectivity index (χ2n) is 4.63.